The number of benzene rings is 1. The maximum absolute atomic E-state index is 13.1. The Morgan fingerprint density at radius 3 is 2.63 bits per heavy atom. The van der Waals surface area contributed by atoms with Gasteiger partial charge in [-0.3, -0.25) is 14.6 Å². The van der Waals surface area contributed by atoms with Gasteiger partial charge in [0.1, 0.15) is 5.69 Å². The molecule has 1 saturated heterocycles. The summed E-state index contributed by atoms with van der Waals surface area (Å²) in [4.78, 5) is 33.1. The Bertz CT molecular complexity index is 1000. The van der Waals surface area contributed by atoms with Crippen molar-refractivity contribution in [2.75, 3.05) is 19.6 Å². The lowest BCUT2D eigenvalue weighted by Gasteiger charge is -2.28. The first-order valence-electron chi connectivity index (χ1n) is 10.2. The maximum atomic E-state index is 13.1. The number of thiophene rings is 1. The molecule has 0 bridgehead atoms. The normalized spacial score (nSPS) is 18.4. The number of likely N-dealkylation sites (tertiary alicyclic amines) is 1. The van der Waals surface area contributed by atoms with Crippen LogP contribution in [0.25, 0.3) is 10.4 Å². The van der Waals surface area contributed by atoms with Crippen LogP contribution in [0.3, 0.4) is 0 Å². The van der Waals surface area contributed by atoms with E-state index in [1.807, 2.05) is 19.1 Å². The minimum atomic E-state index is -0.620. The topological polar surface area (TPSA) is 62.3 Å². The third-order valence-corrected chi connectivity index (χ3v) is 6.57. The van der Waals surface area contributed by atoms with E-state index < -0.39 is 5.41 Å². The van der Waals surface area contributed by atoms with Crippen LogP contribution in [-0.2, 0) is 11.2 Å². The molecular formula is C24H25N3O2S. The zero-order valence-electron chi connectivity index (χ0n) is 17.0. The van der Waals surface area contributed by atoms with E-state index in [1.54, 1.807) is 34.6 Å². The minimum Gasteiger partial charge on any atom is -0.356 e. The SMILES string of the molecule is CCNC(=O)[C@]1(Cc2ccc(-c3cccs3)cc2)CCN(C(=O)c2ccccn2)C1. The average molecular weight is 420 g/mol. The van der Waals surface area contributed by atoms with Gasteiger partial charge in [-0.25, -0.2) is 0 Å². The molecule has 3 aromatic rings. The zero-order chi connectivity index (χ0) is 21.0. The molecule has 0 unspecified atom stereocenters. The first-order valence-corrected chi connectivity index (χ1v) is 11.1. The van der Waals surface area contributed by atoms with E-state index in [4.69, 9.17) is 0 Å². The number of carbonyl (C=O) groups is 2. The molecule has 30 heavy (non-hydrogen) atoms. The van der Waals surface area contributed by atoms with Crippen molar-refractivity contribution in [1.82, 2.24) is 15.2 Å². The molecule has 1 aliphatic rings. The molecule has 5 nitrogen and oxygen atoms in total. The van der Waals surface area contributed by atoms with E-state index in [0.717, 1.165) is 5.56 Å². The molecule has 154 valence electrons. The van der Waals surface area contributed by atoms with E-state index >= 15 is 0 Å². The predicted molar refractivity (Wildman–Crippen MR) is 119 cm³/mol. The summed E-state index contributed by atoms with van der Waals surface area (Å²) in [6.07, 6.45) is 2.87. The van der Waals surface area contributed by atoms with Gasteiger partial charge < -0.3 is 10.2 Å². The highest BCUT2D eigenvalue weighted by Crippen LogP contribution is 2.36. The molecule has 0 radical (unpaired) electrons. The van der Waals surface area contributed by atoms with Gasteiger partial charge in [0, 0.05) is 30.7 Å². The average Bonchev–Trinajstić information content (AvgIpc) is 3.46. The van der Waals surface area contributed by atoms with E-state index in [9.17, 15) is 9.59 Å². The lowest BCUT2D eigenvalue weighted by atomic mass is 9.79. The molecule has 1 fully saturated rings. The molecule has 1 atom stereocenters. The Morgan fingerprint density at radius 1 is 1.13 bits per heavy atom. The highest BCUT2D eigenvalue weighted by atomic mass is 32.1. The Morgan fingerprint density at radius 2 is 1.97 bits per heavy atom. The van der Waals surface area contributed by atoms with Crippen molar-refractivity contribution < 1.29 is 9.59 Å². The fourth-order valence-corrected chi connectivity index (χ4v) is 4.81. The summed E-state index contributed by atoms with van der Waals surface area (Å²) in [6, 6.07) is 17.9. The molecule has 1 aromatic carbocycles. The van der Waals surface area contributed by atoms with Crippen LogP contribution in [0.1, 0.15) is 29.4 Å². The van der Waals surface area contributed by atoms with Gasteiger partial charge in [0.05, 0.1) is 5.41 Å². The second-order valence-electron chi connectivity index (χ2n) is 7.68. The van der Waals surface area contributed by atoms with Crippen LogP contribution in [0.4, 0.5) is 0 Å². The van der Waals surface area contributed by atoms with Crippen LogP contribution in [0, 0.1) is 5.41 Å². The number of carbonyl (C=O) groups excluding carboxylic acids is 2. The lowest BCUT2D eigenvalue weighted by Crippen LogP contribution is -2.45. The van der Waals surface area contributed by atoms with Gasteiger partial charge in [0.2, 0.25) is 5.91 Å². The maximum Gasteiger partial charge on any atom is 0.272 e. The third kappa shape index (κ3) is 4.14. The van der Waals surface area contributed by atoms with Crippen LogP contribution in [0.2, 0.25) is 0 Å². The van der Waals surface area contributed by atoms with Crippen molar-refractivity contribution in [3.63, 3.8) is 0 Å². The molecular weight excluding hydrogens is 394 g/mol. The van der Waals surface area contributed by atoms with Gasteiger partial charge in [-0.1, -0.05) is 36.4 Å². The van der Waals surface area contributed by atoms with Crippen molar-refractivity contribution in [3.8, 4) is 10.4 Å². The first kappa shape index (κ1) is 20.3. The Labute approximate surface area is 180 Å². The molecule has 0 spiro atoms. The number of rotatable bonds is 6. The molecule has 3 heterocycles. The molecule has 0 saturated carbocycles. The molecule has 0 aliphatic carbocycles. The molecule has 6 heteroatoms. The van der Waals surface area contributed by atoms with Crippen LogP contribution in [-0.4, -0.2) is 41.3 Å². The van der Waals surface area contributed by atoms with Gasteiger partial charge >= 0.3 is 0 Å². The molecule has 2 aromatic heterocycles. The van der Waals surface area contributed by atoms with Gasteiger partial charge in [-0.05, 0) is 54.5 Å². The highest BCUT2D eigenvalue weighted by Gasteiger charge is 2.46. The zero-order valence-corrected chi connectivity index (χ0v) is 17.8. The monoisotopic (exact) mass is 419 g/mol. The van der Waals surface area contributed by atoms with Crippen molar-refractivity contribution >= 4 is 23.2 Å². The predicted octanol–water partition coefficient (Wildman–Crippen LogP) is 4.02. The van der Waals surface area contributed by atoms with Crippen LogP contribution < -0.4 is 5.32 Å². The summed E-state index contributed by atoms with van der Waals surface area (Å²) in [6.45, 7) is 3.46. The quantitative estimate of drug-likeness (QED) is 0.656. The molecule has 1 aliphatic heterocycles. The standard InChI is InChI=1S/C24H25N3O2S/c1-2-25-23(29)24(12-14-27(17-24)22(28)20-6-3-4-13-26-20)16-18-8-10-19(11-9-18)21-7-5-15-30-21/h3-11,13,15H,2,12,14,16-17H2,1H3,(H,25,29)/t24-/m0/s1. The number of pyridine rings is 1. The van der Waals surface area contributed by atoms with Gasteiger partial charge in [0.15, 0.2) is 0 Å². The smallest absolute Gasteiger partial charge is 0.272 e. The Kier molecular flexibility index (Phi) is 5.95. The number of nitrogens with zero attached hydrogens (tertiary/aromatic N) is 2. The summed E-state index contributed by atoms with van der Waals surface area (Å²) in [5, 5.41) is 5.06. The summed E-state index contributed by atoms with van der Waals surface area (Å²) in [5.74, 6) is -0.0986. The number of hydrogen-bond donors (Lipinski definition) is 1. The van der Waals surface area contributed by atoms with Crippen molar-refractivity contribution in [1.29, 1.82) is 0 Å². The van der Waals surface area contributed by atoms with Gasteiger partial charge in [-0.2, -0.15) is 0 Å². The van der Waals surface area contributed by atoms with E-state index in [0.29, 0.717) is 38.2 Å². The Balaban J connectivity index is 1.55. The fraction of sp³-hybridized carbons (Fsp3) is 0.292. The Hall–Kier alpha value is -2.99. The van der Waals surface area contributed by atoms with Gasteiger partial charge in [-0.15, -0.1) is 11.3 Å². The summed E-state index contributed by atoms with van der Waals surface area (Å²) >= 11 is 1.71. The third-order valence-electron chi connectivity index (χ3n) is 5.65. The summed E-state index contributed by atoms with van der Waals surface area (Å²) < 4.78 is 0. The van der Waals surface area contributed by atoms with E-state index in [1.165, 1.54) is 10.4 Å². The van der Waals surface area contributed by atoms with Crippen LogP contribution in [0.15, 0.2) is 66.2 Å². The fourth-order valence-electron chi connectivity index (χ4n) is 4.08. The van der Waals surface area contributed by atoms with E-state index in [2.05, 4.69) is 46.0 Å². The largest absolute Gasteiger partial charge is 0.356 e. The lowest BCUT2D eigenvalue weighted by molar-refractivity contribution is -0.130. The molecule has 1 N–H and O–H groups in total. The molecule has 4 rings (SSSR count). The summed E-state index contributed by atoms with van der Waals surface area (Å²) in [5.41, 5.74) is 2.09. The van der Waals surface area contributed by atoms with Crippen LogP contribution >= 0.6 is 11.3 Å². The molecule has 2 amide bonds. The minimum absolute atomic E-state index is 0.0173. The first-order chi connectivity index (χ1) is 14.6. The number of hydrogen-bond acceptors (Lipinski definition) is 4. The van der Waals surface area contributed by atoms with E-state index in [-0.39, 0.29) is 11.8 Å². The highest BCUT2D eigenvalue weighted by molar-refractivity contribution is 7.13. The second kappa shape index (κ2) is 8.79. The second-order valence-corrected chi connectivity index (χ2v) is 8.63. The number of nitrogens with one attached hydrogen (secondary N) is 1. The summed E-state index contributed by atoms with van der Waals surface area (Å²) in [7, 11) is 0. The van der Waals surface area contributed by atoms with Gasteiger partial charge in [0.25, 0.3) is 5.91 Å². The van der Waals surface area contributed by atoms with Crippen molar-refractivity contribution in [2.24, 2.45) is 5.41 Å². The number of amides is 2. The van der Waals surface area contributed by atoms with Crippen molar-refractivity contribution in [2.45, 2.75) is 19.8 Å². The van der Waals surface area contributed by atoms with Crippen LogP contribution in [0.5, 0.6) is 0 Å². The van der Waals surface area contributed by atoms with Crippen molar-refractivity contribution in [3.05, 3.63) is 77.4 Å². The number of aromatic nitrogens is 1.